The summed E-state index contributed by atoms with van der Waals surface area (Å²) in [7, 11) is 0. The van der Waals surface area contributed by atoms with Crippen LogP contribution in [0.2, 0.25) is 0 Å². The highest BCUT2D eigenvalue weighted by Gasteiger charge is 2.27. The third-order valence-corrected chi connectivity index (χ3v) is 4.59. The fraction of sp³-hybridized carbons (Fsp3) is 0.714. The fourth-order valence-corrected chi connectivity index (χ4v) is 3.45. The van der Waals surface area contributed by atoms with Crippen LogP contribution in [-0.2, 0) is 4.74 Å². The van der Waals surface area contributed by atoms with Crippen molar-refractivity contribution in [3.8, 4) is 0 Å². The Kier molecular flexibility index (Phi) is 4.60. The molecule has 1 aliphatic carbocycles. The molecule has 0 amide bonds. The average Bonchev–Trinajstić information content (AvgIpc) is 2.81. The van der Waals surface area contributed by atoms with Crippen molar-refractivity contribution in [2.75, 3.05) is 0 Å². The van der Waals surface area contributed by atoms with E-state index in [0.717, 1.165) is 0 Å². The van der Waals surface area contributed by atoms with E-state index in [1.54, 1.807) is 11.3 Å². The minimum absolute atomic E-state index is 0.0581. The standard InChI is InChI=1S/C14H23NOS/c1-10-6-3-4-7-12(10)16-14(11(2)15)13-8-5-9-17-13/h5,8-12,14H,3-4,6-7,15H2,1-2H3. The third kappa shape index (κ3) is 3.30. The van der Waals surface area contributed by atoms with E-state index in [4.69, 9.17) is 10.5 Å². The quantitative estimate of drug-likeness (QED) is 0.887. The molecule has 1 aromatic rings. The van der Waals surface area contributed by atoms with Crippen LogP contribution >= 0.6 is 11.3 Å². The van der Waals surface area contributed by atoms with Gasteiger partial charge in [0, 0.05) is 10.9 Å². The first kappa shape index (κ1) is 13.1. The minimum Gasteiger partial charge on any atom is -0.368 e. The molecule has 4 unspecified atom stereocenters. The lowest BCUT2D eigenvalue weighted by atomic mass is 9.87. The summed E-state index contributed by atoms with van der Waals surface area (Å²) in [6.07, 6.45) is 5.59. The predicted molar refractivity (Wildman–Crippen MR) is 73.2 cm³/mol. The summed E-state index contributed by atoms with van der Waals surface area (Å²) in [4.78, 5) is 1.26. The van der Waals surface area contributed by atoms with Crippen LogP contribution in [0.15, 0.2) is 17.5 Å². The summed E-state index contributed by atoms with van der Waals surface area (Å²) < 4.78 is 6.29. The summed E-state index contributed by atoms with van der Waals surface area (Å²) in [5.74, 6) is 0.671. The van der Waals surface area contributed by atoms with Crippen molar-refractivity contribution in [1.82, 2.24) is 0 Å². The highest BCUT2D eigenvalue weighted by molar-refractivity contribution is 7.10. The number of hydrogen-bond donors (Lipinski definition) is 1. The second kappa shape index (κ2) is 5.98. The predicted octanol–water partition coefficient (Wildman–Crippen LogP) is 3.73. The Hall–Kier alpha value is -0.380. The van der Waals surface area contributed by atoms with Crippen LogP contribution in [0.3, 0.4) is 0 Å². The Labute approximate surface area is 108 Å². The lowest BCUT2D eigenvalue weighted by molar-refractivity contribution is -0.0636. The van der Waals surface area contributed by atoms with E-state index in [-0.39, 0.29) is 12.1 Å². The lowest BCUT2D eigenvalue weighted by Crippen LogP contribution is -2.34. The van der Waals surface area contributed by atoms with Gasteiger partial charge >= 0.3 is 0 Å². The molecule has 0 aromatic carbocycles. The zero-order valence-corrected chi connectivity index (χ0v) is 11.6. The van der Waals surface area contributed by atoms with Gasteiger partial charge in [-0.3, -0.25) is 0 Å². The molecule has 2 rings (SSSR count). The summed E-state index contributed by atoms with van der Waals surface area (Å²) in [5.41, 5.74) is 6.07. The largest absolute Gasteiger partial charge is 0.368 e. The molecule has 1 fully saturated rings. The highest BCUT2D eigenvalue weighted by atomic mass is 32.1. The molecule has 1 saturated carbocycles. The number of nitrogens with two attached hydrogens (primary N) is 1. The lowest BCUT2D eigenvalue weighted by Gasteiger charge is -2.33. The van der Waals surface area contributed by atoms with Gasteiger partial charge in [0.05, 0.1) is 6.10 Å². The van der Waals surface area contributed by atoms with E-state index in [2.05, 4.69) is 24.4 Å². The van der Waals surface area contributed by atoms with Crippen LogP contribution in [0.4, 0.5) is 0 Å². The summed E-state index contributed by atoms with van der Waals surface area (Å²) in [5, 5.41) is 2.10. The Morgan fingerprint density at radius 2 is 2.18 bits per heavy atom. The first-order chi connectivity index (χ1) is 8.18. The molecule has 1 heterocycles. The molecule has 4 atom stereocenters. The molecule has 1 aliphatic rings. The van der Waals surface area contributed by atoms with Crippen molar-refractivity contribution in [3.63, 3.8) is 0 Å². The molecule has 96 valence electrons. The number of ether oxygens (including phenoxy) is 1. The molecule has 17 heavy (non-hydrogen) atoms. The molecule has 3 heteroatoms. The fourth-order valence-electron chi connectivity index (χ4n) is 2.58. The van der Waals surface area contributed by atoms with Gasteiger partial charge in [0.25, 0.3) is 0 Å². The van der Waals surface area contributed by atoms with Crippen LogP contribution in [0.1, 0.15) is 50.5 Å². The van der Waals surface area contributed by atoms with Crippen molar-refractivity contribution in [2.45, 2.75) is 57.8 Å². The maximum absolute atomic E-state index is 6.29. The Bertz CT molecular complexity index is 323. The molecular formula is C14H23NOS. The molecule has 2 N–H and O–H groups in total. The van der Waals surface area contributed by atoms with Gasteiger partial charge < -0.3 is 10.5 Å². The van der Waals surface area contributed by atoms with E-state index in [0.29, 0.717) is 12.0 Å². The van der Waals surface area contributed by atoms with E-state index in [1.807, 2.05) is 6.92 Å². The van der Waals surface area contributed by atoms with Gasteiger partial charge in [-0.2, -0.15) is 0 Å². The van der Waals surface area contributed by atoms with Crippen LogP contribution in [0, 0.1) is 5.92 Å². The smallest absolute Gasteiger partial charge is 0.107 e. The van der Waals surface area contributed by atoms with Crippen molar-refractivity contribution in [3.05, 3.63) is 22.4 Å². The maximum Gasteiger partial charge on any atom is 0.107 e. The Morgan fingerprint density at radius 1 is 1.41 bits per heavy atom. The number of rotatable bonds is 4. The molecular weight excluding hydrogens is 230 g/mol. The van der Waals surface area contributed by atoms with Gasteiger partial charge in [0.15, 0.2) is 0 Å². The van der Waals surface area contributed by atoms with Crippen molar-refractivity contribution in [2.24, 2.45) is 11.7 Å². The maximum atomic E-state index is 6.29. The van der Waals surface area contributed by atoms with Crippen LogP contribution in [-0.4, -0.2) is 12.1 Å². The molecule has 1 aromatic heterocycles. The molecule has 0 radical (unpaired) electrons. The summed E-state index contributed by atoms with van der Waals surface area (Å²) in [6.45, 7) is 4.34. The molecule has 0 saturated heterocycles. The van der Waals surface area contributed by atoms with E-state index in [1.165, 1.54) is 30.6 Å². The van der Waals surface area contributed by atoms with Crippen LogP contribution in [0.25, 0.3) is 0 Å². The molecule has 0 spiro atoms. The second-order valence-corrected chi connectivity index (χ2v) is 6.21. The van der Waals surface area contributed by atoms with Crippen LogP contribution < -0.4 is 5.73 Å². The van der Waals surface area contributed by atoms with Crippen molar-refractivity contribution < 1.29 is 4.74 Å². The van der Waals surface area contributed by atoms with Crippen molar-refractivity contribution >= 4 is 11.3 Å². The van der Waals surface area contributed by atoms with Gasteiger partial charge in [0.2, 0.25) is 0 Å². The number of thiophene rings is 1. The average molecular weight is 253 g/mol. The molecule has 2 nitrogen and oxygen atoms in total. The first-order valence-corrected chi connectivity index (χ1v) is 7.51. The third-order valence-electron chi connectivity index (χ3n) is 3.66. The van der Waals surface area contributed by atoms with Crippen LogP contribution in [0.5, 0.6) is 0 Å². The van der Waals surface area contributed by atoms with Gasteiger partial charge in [0.1, 0.15) is 6.10 Å². The van der Waals surface area contributed by atoms with Gasteiger partial charge in [-0.1, -0.05) is 25.8 Å². The summed E-state index contributed by atoms with van der Waals surface area (Å²) in [6, 6.07) is 4.26. The zero-order valence-electron chi connectivity index (χ0n) is 10.8. The topological polar surface area (TPSA) is 35.2 Å². The second-order valence-electron chi connectivity index (χ2n) is 5.23. The molecule has 0 bridgehead atoms. The zero-order chi connectivity index (χ0) is 12.3. The normalized spacial score (nSPS) is 28.9. The van der Waals surface area contributed by atoms with Gasteiger partial charge in [-0.25, -0.2) is 0 Å². The van der Waals surface area contributed by atoms with E-state index < -0.39 is 0 Å². The number of hydrogen-bond acceptors (Lipinski definition) is 3. The van der Waals surface area contributed by atoms with Crippen molar-refractivity contribution in [1.29, 1.82) is 0 Å². The minimum atomic E-state index is 0.0581. The van der Waals surface area contributed by atoms with E-state index >= 15 is 0 Å². The molecule has 0 aliphatic heterocycles. The monoisotopic (exact) mass is 253 g/mol. The van der Waals surface area contributed by atoms with Gasteiger partial charge in [-0.15, -0.1) is 11.3 Å². The SMILES string of the molecule is CC(N)C(OC1CCCCC1C)c1cccs1. The highest BCUT2D eigenvalue weighted by Crippen LogP contribution is 2.33. The summed E-state index contributed by atoms with van der Waals surface area (Å²) >= 11 is 1.74. The van der Waals surface area contributed by atoms with E-state index in [9.17, 15) is 0 Å². The van der Waals surface area contributed by atoms with Gasteiger partial charge in [-0.05, 0) is 37.1 Å². The Morgan fingerprint density at radius 3 is 2.76 bits per heavy atom. The Balaban J connectivity index is 2.02. The first-order valence-electron chi connectivity index (χ1n) is 6.63.